The molecule has 0 amide bonds. The Labute approximate surface area is 151 Å². The van der Waals surface area contributed by atoms with Gasteiger partial charge in [-0.25, -0.2) is 0 Å². The van der Waals surface area contributed by atoms with Gasteiger partial charge in [0.05, 0.1) is 0 Å². The molecule has 0 fully saturated rings. The van der Waals surface area contributed by atoms with E-state index in [2.05, 4.69) is 60.4 Å². The van der Waals surface area contributed by atoms with Gasteiger partial charge in [0.25, 0.3) is 0 Å². The first kappa shape index (κ1) is 18.2. The summed E-state index contributed by atoms with van der Waals surface area (Å²) < 4.78 is 37.6. The van der Waals surface area contributed by atoms with Crippen LogP contribution in [0.25, 0.3) is 11.1 Å². The van der Waals surface area contributed by atoms with E-state index in [9.17, 15) is 13.2 Å². The van der Waals surface area contributed by atoms with Crippen LogP contribution < -0.4 is 0 Å². The second-order valence-electron chi connectivity index (χ2n) is 6.30. The van der Waals surface area contributed by atoms with E-state index in [4.69, 9.17) is 0 Å². The van der Waals surface area contributed by atoms with E-state index in [1.54, 1.807) is 0 Å². The largest absolute Gasteiger partial charge is 0.433 e. The SMILES string of the molecule is CCc1ccc(-c2ccc(CCc3ccc(C(F)(F)F)nc3)cc2)cc1. The van der Waals surface area contributed by atoms with Gasteiger partial charge in [-0.15, -0.1) is 0 Å². The lowest BCUT2D eigenvalue weighted by atomic mass is 9.99. The van der Waals surface area contributed by atoms with Crippen LogP contribution in [-0.2, 0) is 25.4 Å². The fourth-order valence-corrected chi connectivity index (χ4v) is 2.83. The molecule has 0 aliphatic heterocycles. The molecule has 0 bridgehead atoms. The quantitative estimate of drug-likeness (QED) is 0.538. The molecule has 2 aromatic carbocycles. The lowest BCUT2D eigenvalue weighted by Crippen LogP contribution is -2.07. The van der Waals surface area contributed by atoms with Crippen molar-refractivity contribution in [3.63, 3.8) is 0 Å². The minimum atomic E-state index is -4.39. The van der Waals surface area contributed by atoms with Gasteiger partial charge in [0.15, 0.2) is 0 Å². The highest BCUT2D eigenvalue weighted by Gasteiger charge is 2.31. The Bertz CT molecular complexity index is 833. The summed E-state index contributed by atoms with van der Waals surface area (Å²) in [5.74, 6) is 0. The van der Waals surface area contributed by atoms with E-state index in [-0.39, 0.29) is 0 Å². The molecular formula is C22H20F3N. The molecule has 4 heteroatoms. The molecule has 26 heavy (non-hydrogen) atoms. The molecule has 3 rings (SSSR count). The Morgan fingerprint density at radius 3 is 1.65 bits per heavy atom. The third-order valence-electron chi connectivity index (χ3n) is 4.47. The number of hydrogen-bond acceptors (Lipinski definition) is 1. The number of rotatable bonds is 5. The Balaban J connectivity index is 1.62. The summed E-state index contributed by atoms with van der Waals surface area (Å²) >= 11 is 0. The zero-order valence-electron chi connectivity index (χ0n) is 14.6. The standard InChI is InChI=1S/C22H20F3N/c1-2-16-5-10-19(11-6-16)20-12-7-17(8-13-20)3-4-18-9-14-21(26-15-18)22(23,24)25/h5-15H,2-4H2,1H3. The predicted molar refractivity (Wildman–Crippen MR) is 97.9 cm³/mol. The topological polar surface area (TPSA) is 12.9 Å². The van der Waals surface area contributed by atoms with E-state index in [0.29, 0.717) is 6.42 Å². The lowest BCUT2D eigenvalue weighted by Gasteiger charge is -2.08. The predicted octanol–water partition coefficient (Wildman–Crippen LogP) is 6.12. The summed E-state index contributed by atoms with van der Waals surface area (Å²) in [5, 5.41) is 0. The zero-order chi connectivity index (χ0) is 18.6. The molecule has 1 nitrogen and oxygen atoms in total. The molecule has 0 unspecified atom stereocenters. The van der Waals surface area contributed by atoms with Crippen molar-refractivity contribution in [2.45, 2.75) is 32.4 Å². The molecule has 0 spiro atoms. The molecule has 3 aromatic rings. The maximum atomic E-state index is 12.5. The molecule has 0 atom stereocenters. The lowest BCUT2D eigenvalue weighted by molar-refractivity contribution is -0.141. The van der Waals surface area contributed by atoms with Crippen molar-refractivity contribution in [1.29, 1.82) is 0 Å². The second kappa shape index (κ2) is 7.73. The number of alkyl halides is 3. The number of aryl methyl sites for hydroxylation is 3. The van der Waals surface area contributed by atoms with Gasteiger partial charge in [-0.2, -0.15) is 13.2 Å². The monoisotopic (exact) mass is 355 g/mol. The Morgan fingerprint density at radius 2 is 1.19 bits per heavy atom. The fraction of sp³-hybridized carbons (Fsp3) is 0.227. The Morgan fingerprint density at radius 1 is 0.692 bits per heavy atom. The van der Waals surface area contributed by atoms with Crippen LogP contribution in [0, 0.1) is 0 Å². The molecule has 0 aliphatic rings. The molecule has 0 N–H and O–H groups in total. The van der Waals surface area contributed by atoms with E-state index in [1.807, 2.05) is 0 Å². The first-order chi connectivity index (χ1) is 12.5. The van der Waals surface area contributed by atoms with Gasteiger partial charge in [0.1, 0.15) is 5.69 Å². The van der Waals surface area contributed by atoms with Crippen molar-refractivity contribution >= 4 is 0 Å². The number of halogens is 3. The van der Waals surface area contributed by atoms with Crippen molar-refractivity contribution < 1.29 is 13.2 Å². The average Bonchev–Trinajstić information content (AvgIpc) is 2.66. The van der Waals surface area contributed by atoms with Crippen molar-refractivity contribution in [2.75, 3.05) is 0 Å². The Kier molecular flexibility index (Phi) is 5.40. The highest BCUT2D eigenvalue weighted by Crippen LogP contribution is 2.27. The van der Waals surface area contributed by atoms with Crippen molar-refractivity contribution in [2.24, 2.45) is 0 Å². The van der Waals surface area contributed by atoms with Gasteiger partial charge in [0.2, 0.25) is 0 Å². The summed E-state index contributed by atoms with van der Waals surface area (Å²) in [7, 11) is 0. The summed E-state index contributed by atoms with van der Waals surface area (Å²) in [6.45, 7) is 2.13. The number of pyridine rings is 1. The van der Waals surface area contributed by atoms with Crippen LogP contribution >= 0.6 is 0 Å². The molecule has 0 radical (unpaired) electrons. The fourth-order valence-electron chi connectivity index (χ4n) is 2.83. The van der Waals surface area contributed by atoms with Gasteiger partial charge in [-0.05, 0) is 53.1 Å². The smallest absolute Gasteiger partial charge is 0.252 e. The number of benzene rings is 2. The average molecular weight is 355 g/mol. The maximum Gasteiger partial charge on any atom is 0.433 e. The maximum absolute atomic E-state index is 12.5. The van der Waals surface area contributed by atoms with Crippen molar-refractivity contribution in [3.8, 4) is 11.1 Å². The number of nitrogens with zero attached hydrogens (tertiary/aromatic N) is 1. The van der Waals surface area contributed by atoms with Gasteiger partial charge in [-0.1, -0.05) is 61.5 Å². The molecule has 1 aromatic heterocycles. The molecule has 0 aliphatic carbocycles. The third kappa shape index (κ3) is 4.51. The highest BCUT2D eigenvalue weighted by atomic mass is 19.4. The molecule has 0 saturated carbocycles. The van der Waals surface area contributed by atoms with E-state index in [0.717, 1.165) is 35.6 Å². The van der Waals surface area contributed by atoms with E-state index >= 15 is 0 Å². The molecular weight excluding hydrogens is 335 g/mol. The minimum Gasteiger partial charge on any atom is -0.252 e. The normalized spacial score (nSPS) is 11.5. The van der Waals surface area contributed by atoms with Gasteiger partial charge >= 0.3 is 6.18 Å². The van der Waals surface area contributed by atoms with Gasteiger partial charge in [0, 0.05) is 6.20 Å². The van der Waals surface area contributed by atoms with Crippen LogP contribution in [0.1, 0.15) is 29.3 Å². The van der Waals surface area contributed by atoms with Gasteiger partial charge < -0.3 is 0 Å². The highest BCUT2D eigenvalue weighted by molar-refractivity contribution is 5.64. The Hall–Kier alpha value is -2.62. The number of hydrogen-bond donors (Lipinski definition) is 0. The van der Waals surface area contributed by atoms with Crippen LogP contribution in [0.2, 0.25) is 0 Å². The molecule has 0 saturated heterocycles. The zero-order valence-corrected chi connectivity index (χ0v) is 14.6. The van der Waals surface area contributed by atoms with Gasteiger partial charge in [-0.3, -0.25) is 4.98 Å². The summed E-state index contributed by atoms with van der Waals surface area (Å²) in [6, 6.07) is 19.4. The molecule has 134 valence electrons. The van der Waals surface area contributed by atoms with Crippen LogP contribution in [0.15, 0.2) is 66.9 Å². The van der Waals surface area contributed by atoms with Crippen LogP contribution in [0.4, 0.5) is 13.2 Å². The van der Waals surface area contributed by atoms with Crippen LogP contribution in [0.3, 0.4) is 0 Å². The van der Waals surface area contributed by atoms with Crippen LogP contribution in [-0.4, -0.2) is 4.98 Å². The van der Waals surface area contributed by atoms with Crippen LogP contribution in [0.5, 0.6) is 0 Å². The van der Waals surface area contributed by atoms with E-state index in [1.165, 1.54) is 23.4 Å². The first-order valence-corrected chi connectivity index (χ1v) is 8.66. The second-order valence-corrected chi connectivity index (χ2v) is 6.30. The number of aromatic nitrogens is 1. The van der Waals surface area contributed by atoms with Crippen molar-refractivity contribution in [3.05, 3.63) is 89.2 Å². The third-order valence-corrected chi connectivity index (χ3v) is 4.47. The van der Waals surface area contributed by atoms with E-state index < -0.39 is 11.9 Å². The summed E-state index contributed by atoms with van der Waals surface area (Å²) in [4.78, 5) is 3.51. The summed E-state index contributed by atoms with van der Waals surface area (Å²) in [6.07, 6.45) is -0.619. The summed E-state index contributed by atoms with van der Waals surface area (Å²) in [5.41, 5.74) is 4.76. The van der Waals surface area contributed by atoms with Crippen molar-refractivity contribution in [1.82, 2.24) is 4.98 Å². The first-order valence-electron chi connectivity index (χ1n) is 8.66. The minimum absolute atomic E-state index is 0.662. The molecule has 1 heterocycles.